The molecule has 0 aliphatic rings. The topological polar surface area (TPSA) is 45.7 Å². The second kappa shape index (κ2) is 10.1. The van der Waals surface area contributed by atoms with Crippen molar-refractivity contribution in [2.24, 2.45) is 4.99 Å². The van der Waals surface area contributed by atoms with Gasteiger partial charge in [0.15, 0.2) is 5.96 Å². The molecular formula is C19H27N3OS. The highest BCUT2D eigenvalue weighted by Gasteiger charge is 2.00. The monoisotopic (exact) mass is 345 g/mol. The molecular weight excluding hydrogens is 318 g/mol. The molecule has 2 aromatic rings. The summed E-state index contributed by atoms with van der Waals surface area (Å²) in [7, 11) is 0. The standard InChI is InChI=1S/C19H27N3OS/c1-4-20-19(22-12-18-9-10-24-14-18)21-11-16-5-7-17(8-6-16)13-23-15(2)3/h5-10,14-15H,4,11-13H2,1-3H3,(H2,20,21,22). The third-order valence-electron chi connectivity index (χ3n) is 3.41. The third kappa shape index (κ3) is 6.72. The van der Waals surface area contributed by atoms with E-state index in [0.717, 1.165) is 19.0 Å². The lowest BCUT2D eigenvalue weighted by atomic mass is 10.1. The average Bonchev–Trinajstić information content (AvgIpc) is 3.10. The predicted molar refractivity (Wildman–Crippen MR) is 102 cm³/mol. The zero-order chi connectivity index (χ0) is 17.2. The van der Waals surface area contributed by atoms with E-state index in [1.165, 1.54) is 16.7 Å². The molecule has 5 heteroatoms. The van der Waals surface area contributed by atoms with Gasteiger partial charge >= 0.3 is 0 Å². The SMILES string of the molecule is CCNC(=NCc1ccsc1)NCc1ccc(COC(C)C)cc1. The van der Waals surface area contributed by atoms with Crippen LogP contribution in [0.25, 0.3) is 0 Å². The molecule has 0 bridgehead atoms. The van der Waals surface area contributed by atoms with Crippen molar-refractivity contribution in [3.63, 3.8) is 0 Å². The van der Waals surface area contributed by atoms with Crippen molar-refractivity contribution in [1.29, 1.82) is 0 Å². The summed E-state index contributed by atoms with van der Waals surface area (Å²) in [6.07, 6.45) is 0.258. The number of hydrogen-bond acceptors (Lipinski definition) is 3. The van der Waals surface area contributed by atoms with Gasteiger partial charge in [-0.1, -0.05) is 24.3 Å². The van der Waals surface area contributed by atoms with Crippen LogP contribution in [0.4, 0.5) is 0 Å². The minimum absolute atomic E-state index is 0.258. The van der Waals surface area contributed by atoms with Gasteiger partial charge in [-0.05, 0) is 54.3 Å². The van der Waals surface area contributed by atoms with E-state index in [1.807, 2.05) is 0 Å². The lowest BCUT2D eigenvalue weighted by Gasteiger charge is -2.12. The van der Waals surface area contributed by atoms with Crippen LogP contribution in [0.2, 0.25) is 0 Å². The van der Waals surface area contributed by atoms with Crippen LogP contribution in [0, 0.1) is 0 Å². The quantitative estimate of drug-likeness (QED) is 0.563. The van der Waals surface area contributed by atoms with Crippen LogP contribution in [0.3, 0.4) is 0 Å². The molecule has 24 heavy (non-hydrogen) atoms. The van der Waals surface area contributed by atoms with E-state index in [1.54, 1.807) is 11.3 Å². The maximum absolute atomic E-state index is 5.62. The number of hydrogen-bond donors (Lipinski definition) is 2. The van der Waals surface area contributed by atoms with Crippen molar-refractivity contribution in [1.82, 2.24) is 10.6 Å². The minimum Gasteiger partial charge on any atom is -0.374 e. The summed E-state index contributed by atoms with van der Waals surface area (Å²) in [5.41, 5.74) is 3.67. The average molecular weight is 346 g/mol. The van der Waals surface area contributed by atoms with Crippen LogP contribution in [-0.4, -0.2) is 18.6 Å². The Balaban J connectivity index is 1.85. The molecule has 0 radical (unpaired) electrons. The Morgan fingerprint density at radius 1 is 1.08 bits per heavy atom. The van der Waals surface area contributed by atoms with E-state index >= 15 is 0 Å². The van der Waals surface area contributed by atoms with Crippen molar-refractivity contribution >= 4 is 17.3 Å². The largest absolute Gasteiger partial charge is 0.374 e. The Labute approximate surface area is 149 Å². The van der Waals surface area contributed by atoms with Crippen LogP contribution in [0.1, 0.15) is 37.5 Å². The van der Waals surface area contributed by atoms with Gasteiger partial charge in [0, 0.05) is 13.1 Å². The Morgan fingerprint density at radius 2 is 1.83 bits per heavy atom. The molecule has 1 aromatic carbocycles. The molecule has 0 aliphatic heterocycles. The highest BCUT2D eigenvalue weighted by atomic mass is 32.1. The first-order valence-corrected chi connectivity index (χ1v) is 9.34. The fourth-order valence-corrected chi connectivity index (χ4v) is 2.76. The summed E-state index contributed by atoms with van der Waals surface area (Å²) < 4.78 is 5.62. The molecule has 0 fully saturated rings. The summed E-state index contributed by atoms with van der Waals surface area (Å²) in [6, 6.07) is 10.6. The van der Waals surface area contributed by atoms with Gasteiger partial charge in [0.25, 0.3) is 0 Å². The highest BCUT2D eigenvalue weighted by molar-refractivity contribution is 7.07. The van der Waals surface area contributed by atoms with Crippen molar-refractivity contribution < 1.29 is 4.74 Å². The molecule has 0 unspecified atom stereocenters. The van der Waals surface area contributed by atoms with Gasteiger partial charge in [-0.15, -0.1) is 0 Å². The number of guanidine groups is 1. The molecule has 0 spiro atoms. The predicted octanol–water partition coefficient (Wildman–Crippen LogP) is 3.93. The molecule has 0 saturated heterocycles. The van der Waals surface area contributed by atoms with Gasteiger partial charge in [-0.2, -0.15) is 11.3 Å². The van der Waals surface area contributed by atoms with Crippen molar-refractivity contribution in [2.75, 3.05) is 6.54 Å². The molecule has 2 N–H and O–H groups in total. The Morgan fingerprint density at radius 3 is 2.46 bits per heavy atom. The van der Waals surface area contributed by atoms with Gasteiger partial charge in [-0.3, -0.25) is 0 Å². The van der Waals surface area contributed by atoms with Crippen molar-refractivity contribution in [2.45, 2.75) is 46.6 Å². The van der Waals surface area contributed by atoms with E-state index in [0.29, 0.717) is 13.2 Å². The number of aliphatic imine (C=N–C) groups is 1. The molecule has 130 valence electrons. The normalized spacial score (nSPS) is 11.8. The number of nitrogens with zero attached hydrogens (tertiary/aromatic N) is 1. The van der Waals surface area contributed by atoms with Gasteiger partial charge < -0.3 is 15.4 Å². The van der Waals surface area contributed by atoms with Crippen LogP contribution in [-0.2, 0) is 24.4 Å². The second-order valence-electron chi connectivity index (χ2n) is 5.86. The fraction of sp³-hybridized carbons (Fsp3) is 0.421. The van der Waals surface area contributed by atoms with Gasteiger partial charge in [0.2, 0.25) is 0 Å². The van der Waals surface area contributed by atoms with Crippen LogP contribution >= 0.6 is 11.3 Å². The molecule has 0 saturated carbocycles. The van der Waals surface area contributed by atoms with Gasteiger partial charge in [0.05, 0.1) is 19.3 Å². The lowest BCUT2D eigenvalue weighted by molar-refractivity contribution is 0.0657. The maximum Gasteiger partial charge on any atom is 0.191 e. The maximum atomic E-state index is 5.62. The van der Waals surface area contributed by atoms with Gasteiger partial charge in [0.1, 0.15) is 0 Å². The zero-order valence-electron chi connectivity index (χ0n) is 14.7. The Bertz CT molecular complexity index is 606. The summed E-state index contributed by atoms with van der Waals surface area (Å²) in [5.74, 6) is 0.843. The number of rotatable bonds is 8. The van der Waals surface area contributed by atoms with Gasteiger partial charge in [-0.25, -0.2) is 4.99 Å². The van der Waals surface area contributed by atoms with Crippen molar-refractivity contribution in [3.05, 3.63) is 57.8 Å². The first-order chi connectivity index (χ1) is 11.7. The number of nitrogens with one attached hydrogen (secondary N) is 2. The highest BCUT2D eigenvalue weighted by Crippen LogP contribution is 2.08. The van der Waals surface area contributed by atoms with E-state index in [2.05, 4.69) is 77.5 Å². The number of benzene rings is 1. The van der Waals surface area contributed by atoms with Crippen LogP contribution in [0.15, 0.2) is 46.1 Å². The number of thiophene rings is 1. The number of ether oxygens (including phenoxy) is 1. The third-order valence-corrected chi connectivity index (χ3v) is 4.14. The lowest BCUT2D eigenvalue weighted by Crippen LogP contribution is -2.36. The smallest absolute Gasteiger partial charge is 0.191 e. The van der Waals surface area contributed by atoms with E-state index in [-0.39, 0.29) is 6.10 Å². The van der Waals surface area contributed by atoms with Crippen molar-refractivity contribution in [3.8, 4) is 0 Å². The Hall–Kier alpha value is -1.85. The summed E-state index contributed by atoms with van der Waals surface area (Å²) >= 11 is 1.70. The molecule has 2 rings (SSSR count). The van der Waals surface area contributed by atoms with E-state index in [9.17, 15) is 0 Å². The second-order valence-corrected chi connectivity index (χ2v) is 6.64. The molecule has 0 aliphatic carbocycles. The van der Waals surface area contributed by atoms with Crippen LogP contribution < -0.4 is 10.6 Å². The summed E-state index contributed by atoms with van der Waals surface area (Å²) in [4.78, 5) is 4.62. The summed E-state index contributed by atoms with van der Waals surface area (Å²) in [6.45, 7) is 9.14. The minimum atomic E-state index is 0.258. The first-order valence-electron chi connectivity index (χ1n) is 8.40. The first kappa shape index (κ1) is 18.5. The molecule has 0 amide bonds. The molecule has 0 atom stereocenters. The Kier molecular flexibility index (Phi) is 7.79. The molecule has 1 heterocycles. The fourth-order valence-electron chi connectivity index (χ4n) is 2.10. The molecule has 4 nitrogen and oxygen atoms in total. The van der Waals surface area contributed by atoms with E-state index < -0.39 is 0 Å². The summed E-state index contributed by atoms with van der Waals surface area (Å²) in [5, 5.41) is 10.9. The zero-order valence-corrected chi connectivity index (χ0v) is 15.5. The molecule has 1 aromatic heterocycles. The van der Waals surface area contributed by atoms with E-state index in [4.69, 9.17) is 4.74 Å². The van der Waals surface area contributed by atoms with Crippen LogP contribution in [0.5, 0.6) is 0 Å².